The summed E-state index contributed by atoms with van der Waals surface area (Å²) in [6, 6.07) is 5.64. The zero-order chi connectivity index (χ0) is 19.6. The summed E-state index contributed by atoms with van der Waals surface area (Å²) >= 11 is 0. The first kappa shape index (κ1) is 19.6. The molecule has 2 saturated heterocycles. The summed E-state index contributed by atoms with van der Waals surface area (Å²) in [7, 11) is 0. The number of likely N-dealkylation sites (tertiary alicyclic amines) is 1. The average Bonchev–Trinajstić information content (AvgIpc) is 3.10. The first-order valence-electron chi connectivity index (χ1n) is 9.40. The number of nitrogens with zero attached hydrogens (tertiary/aromatic N) is 2. The van der Waals surface area contributed by atoms with Gasteiger partial charge in [-0.3, -0.25) is 9.69 Å². The van der Waals surface area contributed by atoms with Crippen LogP contribution in [0.15, 0.2) is 24.3 Å². The van der Waals surface area contributed by atoms with Gasteiger partial charge in [0.1, 0.15) is 23.6 Å². The molecule has 2 heterocycles. The van der Waals surface area contributed by atoms with Crippen molar-refractivity contribution < 1.29 is 23.5 Å². The Labute approximate surface area is 159 Å². The second kappa shape index (κ2) is 7.84. The summed E-state index contributed by atoms with van der Waals surface area (Å²) in [5, 5.41) is 0. The van der Waals surface area contributed by atoms with Crippen LogP contribution in [0.1, 0.15) is 45.3 Å². The summed E-state index contributed by atoms with van der Waals surface area (Å²) < 4.78 is 24.4. The lowest BCUT2D eigenvalue weighted by Gasteiger charge is -2.36. The predicted molar refractivity (Wildman–Crippen MR) is 97.6 cm³/mol. The highest BCUT2D eigenvalue weighted by Gasteiger charge is 2.39. The molecule has 0 saturated carbocycles. The molecule has 0 aromatic heterocycles. The van der Waals surface area contributed by atoms with Crippen molar-refractivity contribution in [3.63, 3.8) is 0 Å². The third kappa shape index (κ3) is 4.77. The standard InChI is InChI=1S/C20H27FN2O4/c1-20(2,3)27-19(25)23-10-4-5-16(23)18(24)22-11-12-26-17(13-22)14-6-8-15(21)9-7-14/h6-9,16-17H,4-5,10-13H2,1-3H3. The molecule has 2 fully saturated rings. The third-order valence-corrected chi connectivity index (χ3v) is 4.79. The molecule has 0 radical (unpaired) electrons. The largest absolute Gasteiger partial charge is 0.444 e. The number of carbonyl (C=O) groups excluding carboxylic acids is 2. The quantitative estimate of drug-likeness (QED) is 0.793. The van der Waals surface area contributed by atoms with Gasteiger partial charge in [0.05, 0.1) is 13.2 Å². The highest BCUT2D eigenvalue weighted by atomic mass is 19.1. The molecule has 27 heavy (non-hydrogen) atoms. The van der Waals surface area contributed by atoms with E-state index < -0.39 is 17.7 Å². The number of halogens is 1. The maximum absolute atomic E-state index is 13.1. The van der Waals surface area contributed by atoms with Gasteiger partial charge in [-0.25, -0.2) is 9.18 Å². The fourth-order valence-corrected chi connectivity index (χ4v) is 3.50. The summed E-state index contributed by atoms with van der Waals surface area (Å²) in [6.45, 7) is 7.25. The van der Waals surface area contributed by atoms with Gasteiger partial charge < -0.3 is 14.4 Å². The van der Waals surface area contributed by atoms with Crippen LogP contribution >= 0.6 is 0 Å². The van der Waals surface area contributed by atoms with E-state index in [-0.39, 0.29) is 17.8 Å². The fourth-order valence-electron chi connectivity index (χ4n) is 3.50. The second-order valence-electron chi connectivity index (χ2n) is 8.03. The Balaban J connectivity index is 1.67. The highest BCUT2D eigenvalue weighted by Crippen LogP contribution is 2.26. The lowest BCUT2D eigenvalue weighted by Crippen LogP contribution is -2.52. The predicted octanol–water partition coefficient (Wildman–Crippen LogP) is 3.13. The number of benzene rings is 1. The molecular formula is C20H27FN2O4. The smallest absolute Gasteiger partial charge is 0.410 e. The molecule has 0 spiro atoms. The molecule has 2 aliphatic rings. The maximum Gasteiger partial charge on any atom is 0.410 e. The Kier molecular flexibility index (Phi) is 5.69. The summed E-state index contributed by atoms with van der Waals surface area (Å²) in [6.07, 6.45) is 0.680. The van der Waals surface area contributed by atoms with Crippen LogP contribution in [0.4, 0.5) is 9.18 Å². The van der Waals surface area contributed by atoms with Crippen molar-refractivity contribution in [2.45, 2.75) is 51.4 Å². The van der Waals surface area contributed by atoms with Crippen LogP contribution < -0.4 is 0 Å². The van der Waals surface area contributed by atoms with E-state index in [1.54, 1.807) is 17.0 Å². The number of hydrogen-bond donors (Lipinski definition) is 0. The van der Waals surface area contributed by atoms with Crippen LogP contribution in [0.2, 0.25) is 0 Å². The van der Waals surface area contributed by atoms with Gasteiger partial charge in [0.25, 0.3) is 0 Å². The van der Waals surface area contributed by atoms with Crippen molar-refractivity contribution in [1.29, 1.82) is 0 Å². The zero-order valence-electron chi connectivity index (χ0n) is 16.1. The van der Waals surface area contributed by atoms with Crippen LogP contribution in [-0.2, 0) is 14.3 Å². The van der Waals surface area contributed by atoms with Gasteiger partial charge in [0, 0.05) is 13.1 Å². The molecule has 2 amide bonds. The fraction of sp³-hybridized carbons (Fsp3) is 0.600. The molecule has 1 aromatic rings. The Morgan fingerprint density at radius 1 is 1.19 bits per heavy atom. The number of carbonyl (C=O) groups is 2. The molecule has 148 valence electrons. The molecule has 0 bridgehead atoms. The average molecular weight is 378 g/mol. The summed E-state index contributed by atoms with van der Waals surface area (Å²) in [5.74, 6) is -0.379. The van der Waals surface area contributed by atoms with Crippen molar-refractivity contribution >= 4 is 12.0 Å². The normalized spacial score (nSPS) is 23.4. The maximum atomic E-state index is 13.1. The van der Waals surface area contributed by atoms with E-state index in [9.17, 15) is 14.0 Å². The van der Waals surface area contributed by atoms with Gasteiger partial charge in [0.2, 0.25) is 5.91 Å². The first-order valence-corrected chi connectivity index (χ1v) is 9.40. The van der Waals surface area contributed by atoms with E-state index in [0.29, 0.717) is 32.7 Å². The van der Waals surface area contributed by atoms with Crippen LogP contribution in [0.3, 0.4) is 0 Å². The van der Waals surface area contributed by atoms with Crippen molar-refractivity contribution in [1.82, 2.24) is 9.80 Å². The van der Waals surface area contributed by atoms with Crippen molar-refractivity contribution in [2.24, 2.45) is 0 Å². The lowest BCUT2D eigenvalue weighted by atomic mass is 10.1. The Hall–Kier alpha value is -2.15. The highest BCUT2D eigenvalue weighted by molar-refractivity contribution is 5.86. The molecule has 0 N–H and O–H groups in total. The Bertz CT molecular complexity index is 686. The monoisotopic (exact) mass is 378 g/mol. The minimum absolute atomic E-state index is 0.0752. The molecule has 2 unspecified atom stereocenters. The molecule has 3 rings (SSSR count). The summed E-state index contributed by atoms with van der Waals surface area (Å²) in [4.78, 5) is 28.8. The molecule has 7 heteroatoms. The number of hydrogen-bond acceptors (Lipinski definition) is 4. The van der Waals surface area contributed by atoms with Crippen LogP contribution in [-0.4, -0.2) is 59.7 Å². The van der Waals surface area contributed by atoms with Crippen LogP contribution in [0.5, 0.6) is 0 Å². The Morgan fingerprint density at radius 2 is 1.89 bits per heavy atom. The number of rotatable bonds is 2. The Morgan fingerprint density at radius 3 is 2.56 bits per heavy atom. The van der Waals surface area contributed by atoms with Crippen molar-refractivity contribution in [2.75, 3.05) is 26.2 Å². The number of morpholine rings is 1. The number of amides is 2. The first-order chi connectivity index (χ1) is 12.7. The van der Waals surface area contributed by atoms with Gasteiger partial charge in [-0.05, 0) is 51.3 Å². The molecule has 2 atom stereocenters. The topological polar surface area (TPSA) is 59.1 Å². The lowest BCUT2D eigenvalue weighted by molar-refractivity contribution is -0.143. The molecule has 2 aliphatic heterocycles. The molecule has 0 aliphatic carbocycles. The van der Waals surface area contributed by atoms with Gasteiger partial charge >= 0.3 is 6.09 Å². The van der Waals surface area contributed by atoms with E-state index in [1.165, 1.54) is 17.0 Å². The second-order valence-corrected chi connectivity index (χ2v) is 8.03. The minimum atomic E-state index is -0.597. The molecule has 6 nitrogen and oxygen atoms in total. The van der Waals surface area contributed by atoms with Gasteiger partial charge in [0.15, 0.2) is 0 Å². The van der Waals surface area contributed by atoms with Crippen molar-refractivity contribution in [3.05, 3.63) is 35.6 Å². The van der Waals surface area contributed by atoms with E-state index in [0.717, 1.165) is 12.0 Å². The van der Waals surface area contributed by atoms with Gasteiger partial charge in [-0.2, -0.15) is 0 Å². The van der Waals surface area contributed by atoms with Gasteiger partial charge in [-0.15, -0.1) is 0 Å². The SMILES string of the molecule is CC(C)(C)OC(=O)N1CCCC1C(=O)N1CCOC(c2ccc(F)cc2)C1. The molecular weight excluding hydrogens is 351 g/mol. The van der Waals surface area contributed by atoms with Gasteiger partial charge in [-0.1, -0.05) is 12.1 Å². The van der Waals surface area contributed by atoms with Crippen LogP contribution in [0.25, 0.3) is 0 Å². The number of ether oxygens (including phenoxy) is 2. The minimum Gasteiger partial charge on any atom is -0.444 e. The van der Waals surface area contributed by atoms with E-state index in [1.807, 2.05) is 20.8 Å². The van der Waals surface area contributed by atoms with E-state index in [2.05, 4.69) is 0 Å². The third-order valence-electron chi connectivity index (χ3n) is 4.79. The molecule has 1 aromatic carbocycles. The zero-order valence-corrected chi connectivity index (χ0v) is 16.1. The van der Waals surface area contributed by atoms with E-state index in [4.69, 9.17) is 9.47 Å². The van der Waals surface area contributed by atoms with Crippen LogP contribution in [0, 0.1) is 5.82 Å². The van der Waals surface area contributed by atoms with Crippen molar-refractivity contribution in [3.8, 4) is 0 Å². The summed E-state index contributed by atoms with van der Waals surface area (Å²) in [5.41, 5.74) is 0.240. The van der Waals surface area contributed by atoms with E-state index >= 15 is 0 Å².